The summed E-state index contributed by atoms with van der Waals surface area (Å²) >= 11 is 5.31. The van der Waals surface area contributed by atoms with Crippen LogP contribution >= 0.6 is 27.7 Å². The second kappa shape index (κ2) is 6.50. The van der Waals surface area contributed by atoms with Gasteiger partial charge in [-0.15, -0.1) is 10.2 Å². The second-order valence-corrected chi connectivity index (χ2v) is 7.31. The van der Waals surface area contributed by atoms with Gasteiger partial charge in [-0.25, -0.2) is 0 Å². The van der Waals surface area contributed by atoms with Crippen LogP contribution in [-0.2, 0) is 13.0 Å². The maximum atomic E-state index is 5.92. The van der Waals surface area contributed by atoms with Crippen molar-refractivity contribution in [2.75, 3.05) is 0 Å². The molecule has 0 saturated heterocycles. The third-order valence-corrected chi connectivity index (χ3v) is 5.74. The van der Waals surface area contributed by atoms with Crippen molar-refractivity contribution >= 4 is 27.7 Å². The van der Waals surface area contributed by atoms with Crippen LogP contribution in [0.25, 0.3) is 0 Å². The maximum absolute atomic E-state index is 5.92. The lowest BCUT2D eigenvalue weighted by Gasteiger charge is -2.10. The zero-order valence-electron chi connectivity index (χ0n) is 12.1. The first-order valence-electron chi connectivity index (χ1n) is 7.30. The Morgan fingerprint density at radius 2 is 2.14 bits per heavy atom. The molecule has 0 amide bonds. The Hall–Kier alpha value is -0.850. The van der Waals surface area contributed by atoms with E-state index >= 15 is 0 Å². The van der Waals surface area contributed by atoms with E-state index in [1.807, 2.05) is 6.92 Å². The number of fused-ring (bicyclic) bond motifs is 1. The third-order valence-electron chi connectivity index (χ3n) is 3.76. The van der Waals surface area contributed by atoms with Gasteiger partial charge in [0.05, 0.1) is 0 Å². The maximum Gasteiger partial charge on any atom is 0.196 e. The van der Waals surface area contributed by atoms with Gasteiger partial charge in [0.1, 0.15) is 5.82 Å². The quantitative estimate of drug-likeness (QED) is 0.893. The molecule has 0 radical (unpaired) electrons. The minimum atomic E-state index is 0.0460. The molecule has 21 heavy (non-hydrogen) atoms. The summed E-state index contributed by atoms with van der Waals surface area (Å²) in [6, 6.07) is 6.32. The molecule has 0 bridgehead atoms. The van der Waals surface area contributed by atoms with Crippen molar-refractivity contribution in [1.29, 1.82) is 0 Å². The van der Waals surface area contributed by atoms with Crippen molar-refractivity contribution in [3.05, 3.63) is 34.1 Å². The first-order chi connectivity index (χ1) is 10.1. The fourth-order valence-corrected chi connectivity index (χ4v) is 4.03. The number of nitrogens with two attached hydrogens (primary N) is 1. The summed E-state index contributed by atoms with van der Waals surface area (Å²) in [6.45, 7) is 3.02. The van der Waals surface area contributed by atoms with Crippen LogP contribution in [0.2, 0.25) is 0 Å². The standard InChI is InChI=1S/C15H19BrN4S/c1-10(17)11-6-7-13(12(16)9-11)21-15-19-18-14-5-3-2-4-8-20(14)15/h6-7,9-10H,2-5,8,17H2,1H3/t10-/m1/s1. The fraction of sp³-hybridized carbons (Fsp3) is 0.467. The molecule has 0 aliphatic carbocycles. The molecule has 0 unspecified atom stereocenters. The Labute approximate surface area is 137 Å². The molecule has 1 atom stereocenters. The van der Waals surface area contributed by atoms with Crippen LogP contribution in [0, 0.1) is 0 Å². The van der Waals surface area contributed by atoms with Gasteiger partial charge < -0.3 is 10.3 Å². The molecule has 2 aromatic rings. The van der Waals surface area contributed by atoms with Crippen molar-refractivity contribution in [3.8, 4) is 0 Å². The minimum absolute atomic E-state index is 0.0460. The molecule has 1 aliphatic heterocycles. The number of nitrogens with zero attached hydrogens (tertiary/aromatic N) is 3. The van der Waals surface area contributed by atoms with Crippen LogP contribution in [0.3, 0.4) is 0 Å². The van der Waals surface area contributed by atoms with Gasteiger partial charge in [-0.05, 0) is 65.2 Å². The molecule has 2 N–H and O–H groups in total. The first kappa shape index (κ1) is 15.1. The zero-order valence-corrected chi connectivity index (χ0v) is 14.5. The van der Waals surface area contributed by atoms with Gasteiger partial charge in [0.25, 0.3) is 0 Å². The highest BCUT2D eigenvalue weighted by Gasteiger charge is 2.16. The van der Waals surface area contributed by atoms with Crippen LogP contribution in [0.4, 0.5) is 0 Å². The third kappa shape index (κ3) is 3.33. The van der Waals surface area contributed by atoms with E-state index in [9.17, 15) is 0 Å². The SMILES string of the molecule is C[C@@H](N)c1ccc(Sc2nnc3n2CCCCC3)c(Br)c1. The Balaban J connectivity index is 1.85. The van der Waals surface area contributed by atoms with Crippen LogP contribution in [0.1, 0.15) is 43.6 Å². The molecule has 0 spiro atoms. The Kier molecular flexibility index (Phi) is 4.66. The Bertz CT molecular complexity index is 639. The topological polar surface area (TPSA) is 56.7 Å². The molecule has 2 heterocycles. The Morgan fingerprint density at radius 3 is 2.90 bits per heavy atom. The largest absolute Gasteiger partial charge is 0.324 e. The van der Waals surface area contributed by atoms with E-state index in [1.165, 1.54) is 19.3 Å². The van der Waals surface area contributed by atoms with E-state index in [4.69, 9.17) is 5.73 Å². The lowest BCUT2D eigenvalue weighted by Crippen LogP contribution is -2.05. The van der Waals surface area contributed by atoms with Crippen molar-refractivity contribution in [3.63, 3.8) is 0 Å². The molecule has 1 aromatic heterocycles. The highest BCUT2D eigenvalue weighted by molar-refractivity contribution is 9.10. The number of hydrogen-bond donors (Lipinski definition) is 1. The summed E-state index contributed by atoms with van der Waals surface area (Å²) in [5, 5.41) is 9.70. The van der Waals surface area contributed by atoms with Gasteiger partial charge >= 0.3 is 0 Å². The Morgan fingerprint density at radius 1 is 1.29 bits per heavy atom. The van der Waals surface area contributed by atoms with Crippen LogP contribution in [0.5, 0.6) is 0 Å². The van der Waals surface area contributed by atoms with Crippen LogP contribution in [0.15, 0.2) is 32.7 Å². The van der Waals surface area contributed by atoms with Crippen LogP contribution in [-0.4, -0.2) is 14.8 Å². The molecule has 112 valence electrons. The van der Waals surface area contributed by atoms with Crippen molar-refractivity contribution in [2.45, 2.75) is 55.2 Å². The fourth-order valence-electron chi connectivity index (χ4n) is 2.52. The summed E-state index contributed by atoms with van der Waals surface area (Å²) in [5.74, 6) is 1.12. The molecular weight excluding hydrogens is 348 g/mol. The number of aromatic nitrogens is 3. The molecule has 3 rings (SSSR count). The van der Waals surface area contributed by atoms with Crippen molar-refractivity contribution in [1.82, 2.24) is 14.8 Å². The van der Waals surface area contributed by atoms with E-state index in [0.29, 0.717) is 0 Å². The van der Waals surface area contributed by atoms with Gasteiger partial charge in [-0.1, -0.05) is 12.5 Å². The number of hydrogen-bond acceptors (Lipinski definition) is 4. The van der Waals surface area contributed by atoms with Crippen LogP contribution < -0.4 is 5.73 Å². The van der Waals surface area contributed by atoms with Gasteiger partial charge in [0.15, 0.2) is 5.16 Å². The smallest absolute Gasteiger partial charge is 0.196 e. The van der Waals surface area contributed by atoms with E-state index in [1.54, 1.807) is 11.8 Å². The second-order valence-electron chi connectivity index (χ2n) is 5.44. The van der Waals surface area contributed by atoms with Crippen molar-refractivity contribution < 1.29 is 0 Å². The predicted octanol–water partition coefficient (Wildman–Crippen LogP) is 3.94. The summed E-state index contributed by atoms with van der Waals surface area (Å²) in [5.41, 5.74) is 7.05. The highest BCUT2D eigenvalue weighted by atomic mass is 79.9. The van der Waals surface area contributed by atoms with E-state index < -0.39 is 0 Å². The monoisotopic (exact) mass is 366 g/mol. The molecule has 1 aliphatic rings. The number of benzene rings is 1. The molecule has 0 fully saturated rings. The average molecular weight is 367 g/mol. The minimum Gasteiger partial charge on any atom is -0.324 e. The molecule has 4 nitrogen and oxygen atoms in total. The van der Waals surface area contributed by atoms with Gasteiger partial charge in [-0.2, -0.15) is 0 Å². The average Bonchev–Trinajstić information content (AvgIpc) is 2.69. The van der Waals surface area contributed by atoms with E-state index in [2.05, 4.69) is 48.9 Å². The summed E-state index contributed by atoms with van der Waals surface area (Å²) in [7, 11) is 0. The molecule has 1 aromatic carbocycles. The number of halogens is 1. The summed E-state index contributed by atoms with van der Waals surface area (Å²) in [4.78, 5) is 1.15. The normalized spacial score (nSPS) is 16.3. The number of rotatable bonds is 3. The molecule has 0 saturated carbocycles. The van der Waals surface area contributed by atoms with Gasteiger partial charge in [-0.3, -0.25) is 0 Å². The predicted molar refractivity (Wildman–Crippen MR) is 88.4 cm³/mol. The van der Waals surface area contributed by atoms with Crippen molar-refractivity contribution in [2.24, 2.45) is 5.73 Å². The summed E-state index contributed by atoms with van der Waals surface area (Å²) in [6.07, 6.45) is 4.75. The molecule has 6 heteroatoms. The van der Waals surface area contributed by atoms with Gasteiger partial charge in [0.2, 0.25) is 0 Å². The molecular formula is C15H19BrN4S. The van der Waals surface area contributed by atoms with E-state index in [0.717, 1.165) is 38.9 Å². The lowest BCUT2D eigenvalue weighted by atomic mass is 10.1. The highest BCUT2D eigenvalue weighted by Crippen LogP contribution is 2.34. The first-order valence-corrected chi connectivity index (χ1v) is 8.91. The zero-order chi connectivity index (χ0) is 14.8. The van der Waals surface area contributed by atoms with Gasteiger partial charge in [0, 0.05) is 28.4 Å². The lowest BCUT2D eigenvalue weighted by molar-refractivity contribution is 0.591. The number of aryl methyl sites for hydroxylation is 1. The van der Waals surface area contributed by atoms with E-state index in [-0.39, 0.29) is 6.04 Å². The summed E-state index contributed by atoms with van der Waals surface area (Å²) < 4.78 is 3.33.